The number of hydrazone groups is 1. The molecule has 42 heavy (non-hydrogen) atoms. The van der Waals surface area contributed by atoms with Crippen LogP contribution in [-0.2, 0) is 21.4 Å². The van der Waals surface area contributed by atoms with Crippen molar-refractivity contribution in [2.24, 2.45) is 11.0 Å². The molecule has 0 fully saturated rings. The van der Waals surface area contributed by atoms with Crippen molar-refractivity contribution in [1.82, 2.24) is 10.1 Å². The summed E-state index contributed by atoms with van der Waals surface area (Å²) in [5, 5.41) is 6.38. The number of halogens is 1. The van der Waals surface area contributed by atoms with Crippen molar-refractivity contribution in [2.45, 2.75) is 45.2 Å². The van der Waals surface area contributed by atoms with Gasteiger partial charge in [0, 0.05) is 0 Å². The maximum Gasteiger partial charge on any atom is 0.258 e. The SMILES string of the molecule is CCOc1cc(/C=N\NC(=O)[C@@H](NS(=O)(=O)c2ccc(C)cc2)C(C)C)cc(I)c1OCc1cccc2ccccc12. The van der Waals surface area contributed by atoms with Gasteiger partial charge in [-0.1, -0.05) is 74.0 Å². The molecule has 0 bridgehead atoms. The first-order chi connectivity index (χ1) is 20.1. The summed E-state index contributed by atoms with van der Waals surface area (Å²) in [5.41, 5.74) is 5.16. The Morgan fingerprint density at radius 2 is 1.71 bits per heavy atom. The molecule has 0 heterocycles. The Kier molecular flexibility index (Phi) is 10.6. The number of benzene rings is 4. The summed E-state index contributed by atoms with van der Waals surface area (Å²) >= 11 is 2.19. The van der Waals surface area contributed by atoms with Crippen LogP contribution in [0, 0.1) is 16.4 Å². The Balaban J connectivity index is 1.47. The summed E-state index contributed by atoms with van der Waals surface area (Å²) in [6, 6.07) is 23.4. The number of hydrogen-bond acceptors (Lipinski definition) is 6. The molecule has 4 rings (SSSR count). The zero-order valence-corrected chi connectivity index (χ0v) is 26.9. The van der Waals surface area contributed by atoms with Gasteiger partial charge in [0.15, 0.2) is 11.5 Å². The quantitative estimate of drug-likeness (QED) is 0.104. The molecular formula is C32H34IN3O5S. The van der Waals surface area contributed by atoms with E-state index in [1.807, 2.05) is 44.2 Å². The molecule has 4 aromatic carbocycles. The van der Waals surface area contributed by atoms with Crippen molar-refractivity contribution in [3.05, 3.63) is 99.1 Å². The van der Waals surface area contributed by atoms with Gasteiger partial charge in [0.2, 0.25) is 10.0 Å². The molecule has 1 atom stereocenters. The van der Waals surface area contributed by atoms with E-state index in [4.69, 9.17) is 9.47 Å². The minimum atomic E-state index is -3.90. The number of fused-ring (bicyclic) bond motifs is 1. The highest BCUT2D eigenvalue weighted by Gasteiger charge is 2.28. The molecule has 0 saturated carbocycles. The van der Waals surface area contributed by atoms with Gasteiger partial charge in [-0.3, -0.25) is 4.79 Å². The first-order valence-electron chi connectivity index (χ1n) is 13.6. The maximum absolute atomic E-state index is 12.9. The molecule has 0 saturated heterocycles. The van der Waals surface area contributed by atoms with Crippen molar-refractivity contribution in [2.75, 3.05) is 6.61 Å². The number of amides is 1. The molecule has 4 aromatic rings. The highest BCUT2D eigenvalue weighted by molar-refractivity contribution is 14.1. The molecule has 0 aliphatic heterocycles. The fourth-order valence-electron chi connectivity index (χ4n) is 4.32. The molecule has 10 heteroatoms. The van der Waals surface area contributed by atoms with Gasteiger partial charge in [-0.2, -0.15) is 9.82 Å². The van der Waals surface area contributed by atoms with Crippen LogP contribution in [0.5, 0.6) is 11.5 Å². The Hall–Kier alpha value is -3.48. The first kappa shape index (κ1) is 31.5. The van der Waals surface area contributed by atoms with Crippen molar-refractivity contribution in [3.8, 4) is 11.5 Å². The first-order valence-corrected chi connectivity index (χ1v) is 16.1. The third-order valence-corrected chi connectivity index (χ3v) is 8.79. The van der Waals surface area contributed by atoms with E-state index in [1.54, 1.807) is 32.0 Å². The summed E-state index contributed by atoms with van der Waals surface area (Å²) in [7, 11) is -3.90. The summed E-state index contributed by atoms with van der Waals surface area (Å²) in [6.07, 6.45) is 1.49. The molecule has 0 spiro atoms. The van der Waals surface area contributed by atoms with Crippen molar-refractivity contribution < 1.29 is 22.7 Å². The third kappa shape index (κ3) is 7.87. The summed E-state index contributed by atoms with van der Waals surface area (Å²) < 4.78 is 41.2. The minimum Gasteiger partial charge on any atom is -0.490 e. The van der Waals surface area contributed by atoms with Crippen LogP contribution in [0.25, 0.3) is 10.8 Å². The van der Waals surface area contributed by atoms with E-state index in [2.05, 4.69) is 56.0 Å². The van der Waals surface area contributed by atoms with Gasteiger partial charge in [0.25, 0.3) is 5.91 Å². The zero-order valence-electron chi connectivity index (χ0n) is 23.9. The van der Waals surface area contributed by atoms with Crippen LogP contribution in [0.1, 0.15) is 37.5 Å². The molecule has 2 N–H and O–H groups in total. The number of aryl methyl sites for hydroxylation is 1. The van der Waals surface area contributed by atoms with Crippen LogP contribution >= 0.6 is 22.6 Å². The second-order valence-electron chi connectivity index (χ2n) is 10.1. The number of sulfonamides is 1. The summed E-state index contributed by atoms with van der Waals surface area (Å²) in [6.45, 7) is 8.10. The number of nitrogens with one attached hydrogen (secondary N) is 2. The number of carbonyl (C=O) groups is 1. The Morgan fingerprint density at radius 3 is 2.43 bits per heavy atom. The molecule has 0 radical (unpaired) electrons. The topological polar surface area (TPSA) is 106 Å². The van der Waals surface area contributed by atoms with Gasteiger partial charge in [-0.15, -0.1) is 0 Å². The lowest BCUT2D eigenvalue weighted by molar-refractivity contribution is -0.123. The van der Waals surface area contributed by atoms with E-state index in [0.717, 1.165) is 25.5 Å². The molecule has 220 valence electrons. The predicted molar refractivity (Wildman–Crippen MR) is 174 cm³/mol. The predicted octanol–water partition coefficient (Wildman–Crippen LogP) is 6.18. The molecular weight excluding hydrogens is 665 g/mol. The second kappa shape index (κ2) is 14.1. The van der Waals surface area contributed by atoms with Crippen LogP contribution in [0.2, 0.25) is 0 Å². The highest BCUT2D eigenvalue weighted by atomic mass is 127. The lowest BCUT2D eigenvalue weighted by Gasteiger charge is -2.20. The van der Waals surface area contributed by atoms with E-state index in [1.165, 1.54) is 18.3 Å². The van der Waals surface area contributed by atoms with Crippen LogP contribution in [0.15, 0.2) is 88.9 Å². The van der Waals surface area contributed by atoms with Gasteiger partial charge in [0.05, 0.1) is 21.3 Å². The third-order valence-electron chi connectivity index (χ3n) is 6.53. The monoisotopic (exact) mass is 699 g/mol. The van der Waals surface area contributed by atoms with E-state index >= 15 is 0 Å². The van der Waals surface area contributed by atoms with Crippen LogP contribution < -0.4 is 19.6 Å². The number of ether oxygens (including phenoxy) is 2. The van der Waals surface area contributed by atoms with Gasteiger partial charge in [0.1, 0.15) is 12.6 Å². The molecule has 0 unspecified atom stereocenters. The largest absolute Gasteiger partial charge is 0.490 e. The molecule has 8 nitrogen and oxygen atoms in total. The van der Waals surface area contributed by atoms with Crippen LogP contribution in [0.3, 0.4) is 0 Å². The van der Waals surface area contributed by atoms with Gasteiger partial charge in [-0.25, -0.2) is 13.8 Å². The normalized spacial score (nSPS) is 12.5. The lowest BCUT2D eigenvalue weighted by atomic mass is 10.1. The van der Waals surface area contributed by atoms with Gasteiger partial charge in [-0.05, 0) is 88.5 Å². The second-order valence-corrected chi connectivity index (χ2v) is 13.0. The van der Waals surface area contributed by atoms with Gasteiger partial charge >= 0.3 is 0 Å². The Labute approximate surface area is 260 Å². The average molecular weight is 700 g/mol. The molecule has 0 aliphatic rings. The standard InChI is InChI=1S/C32H34IN3O5S/c1-5-40-29-18-23(17-28(33)31(29)41-20-25-11-8-10-24-9-6-7-12-27(24)25)19-34-35-32(37)30(21(2)3)36-42(38,39)26-15-13-22(4)14-16-26/h6-19,21,30,36H,5,20H2,1-4H3,(H,35,37)/b34-19-/t30-/m0/s1. The molecule has 1 amide bonds. The summed E-state index contributed by atoms with van der Waals surface area (Å²) in [5.74, 6) is 0.302. The van der Waals surface area contributed by atoms with Crippen LogP contribution in [0.4, 0.5) is 0 Å². The van der Waals surface area contributed by atoms with Crippen molar-refractivity contribution in [3.63, 3.8) is 0 Å². The number of carbonyl (C=O) groups excluding carboxylic acids is 1. The Bertz CT molecular complexity index is 1680. The zero-order chi connectivity index (χ0) is 30.3. The minimum absolute atomic E-state index is 0.0934. The van der Waals surface area contributed by atoms with Crippen LogP contribution in [-0.4, -0.2) is 33.2 Å². The fourth-order valence-corrected chi connectivity index (χ4v) is 6.44. The maximum atomic E-state index is 12.9. The van der Waals surface area contributed by atoms with Crippen molar-refractivity contribution in [1.29, 1.82) is 0 Å². The van der Waals surface area contributed by atoms with E-state index in [0.29, 0.717) is 30.3 Å². The number of nitrogens with zero attached hydrogens (tertiary/aromatic N) is 1. The number of rotatable bonds is 12. The molecule has 0 aliphatic carbocycles. The van der Waals surface area contributed by atoms with Gasteiger partial charge < -0.3 is 9.47 Å². The van der Waals surface area contributed by atoms with Crippen molar-refractivity contribution >= 4 is 55.5 Å². The molecule has 0 aromatic heterocycles. The van der Waals surface area contributed by atoms with E-state index in [9.17, 15) is 13.2 Å². The Morgan fingerprint density at radius 1 is 1.00 bits per heavy atom. The van der Waals surface area contributed by atoms with E-state index in [-0.39, 0.29) is 10.8 Å². The average Bonchev–Trinajstić information content (AvgIpc) is 2.96. The fraction of sp³-hybridized carbons (Fsp3) is 0.250. The highest BCUT2D eigenvalue weighted by Crippen LogP contribution is 2.35. The van der Waals surface area contributed by atoms with E-state index < -0.39 is 22.0 Å². The number of hydrogen-bond donors (Lipinski definition) is 2. The smallest absolute Gasteiger partial charge is 0.258 e. The lowest BCUT2D eigenvalue weighted by Crippen LogP contribution is -2.48. The summed E-state index contributed by atoms with van der Waals surface area (Å²) in [4.78, 5) is 13.0.